The standard InChI is InChI=1S/C16H24BrNO6S/c1-8(19)16(17)11(21)18-9(15(5,6)25-12(16)18)10(20)23-7-24-13(22)14(2,3)4/h8-9,12,19H,7H2,1-6H3/t8?,9-,12+,16-/m0/s1. The number of esters is 2. The van der Waals surface area contributed by atoms with E-state index in [9.17, 15) is 19.5 Å². The van der Waals surface area contributed by atoms with E-state index in [0.717, 1.165) is 0 Å². The van der Waals surface area contributed by atoms with Gasteiger partial charge in [-0.2, -0.15) is 0 Å². The summed E-state index contributed by atoms with van der Waals surface area (Å²) in [4.78, 5) is 38.2. The van der Waals surface area contributed by atoms with Gasteiger partial charge in [-0.05, 0) is 41.5 Å². The molecule has 2 saturated heterocycles. The largest absolute Gasteiger partial charge is 0.427 e. The fourth-order valence-electron chi connectivity index (χ4n) is 2.85. The molecule has 0 aliphatic carbocycles. The molecule has 9 heteroatoms. The molecule has 2 fully saturated rings. The minimum atomic E-state index is -1.09. The third-order valence-corrected chi connectivity index (χ3v) is 7.75. The molecule has 2 rings (SSSR count). The molecule has 25 heavy (non-hydrogen) atoms. The first-order valence-electron chi connectivity index (χ1n) is 7.96. The van der Waals surface area contributed by atoms with Crippen LogP contribution in [0.5, 0.6) is 0 Å². The smallest absolute Gasteiger partial charge is 0.333 e. The molecule has 0 aromatic carbocycles. The monoisotopic (exact) mass is 437 g/mol. The molecule has 0 saturated carbocycles. The fraction of sp³-hybridized carbons (Fsp3) is 0.812. The number of β-lactam (4-membered cyclic amide) rings is 1. The number of alkyl halides is 1. The van der Waals surface area contributed by atoms with E-state index in [0.29, 0.717) is 0 Å². The summed E-state index contributed by atoms with van der Waals surface area (Å²) < 4.78 is 8.34. The lowest BCUT2D eigenvalue weighted by atomic mass is 9.88. The summed E-state index contributed by atoms with van der Waals surface area (Å²) in [5.41, 5.74) is -0.694. The number of rotatable bonds is 4. The van der Waals surface area contributed by atoms with Crippen molar-refractivity contribution in [2.75, 3.05) is 6.79 Å². The second-order valence-electron chi connectivity index (χ2n) is 7.90. The third-order valence-electron chi connectivity index (χ3n) is 4.36. The Morgan fingerprint density at radius 1 is 1.36 bits per heavy atom. The van der Waals surface area contributed by atoms with E-state index in [-0.39, 0.29) is 11.3 Å². The number of halogens is 1. The number of hydrogen-bond donors (Lipinski definition) is 1. The van der Waals surface area contributed by atoms with Crippen molar-refractivity contribution in [1.82, 2.24) is 4.90 Å². The summed E-state index contributed by atoms with van der Waals surface area (Å²) in [6.07, 6.45) is -0.896. The molecule has 1 N–H and O–H groups in total. The van der Waals surface area contributed by atoms with E-state index in [4.69, 9.17) is 9.47 Å². The highest BCUT2D eigenvalue weighted by Crippen LogP contribution is 2.59. The van der Waals surface area contributed by atoms with Crippen LogP contribution in [0, 0.1) is 5.41 Å². The Morgan fingerprint density at radius 3 is 2.40 bits per heavy atom. The summed E-state index contributed by atoms with van der Waals surface area (Å²) in [7, 11) is 0. The predicted molar refractivity (Wildman–Crippen MR) is 95.9 cm³/mol. The van der Waals surface area contributed by atoms with Gasteiger partial charge in [0.05, 0.1) is 11.5 Å². The highest BCUT2D eigenvalue weighted by molar-refractivity contribution is 9.10. The van der Waals surface area contributed by atoms with Gasteiger partial charge in [-0.25, -0.2) is 4.79 Å². The van der Waals surface area contributed by atoms with Gasteiger partial charge >= 0.3 is 11.9 Å². The van der Waals surface area contributed by atoms with E-state index >= 15 is 0 Å². The lowest BCUT2D eigenvalue weighted by Gasteiger charge is -2.51. The van der Waals surface area contributed by atoms with Gasteiger partial charge in [-0.15, -0.1) is 11.8 Å². The first kappa shape index (κ1) is 20.5. The van der Waals surface area contributed by atoms with Gasteiger partial charge < -0.3 is 19.5 Å². The zero-order valence-corrected chi connectivity index (χ0v) is 17.6. The van der Waals surface area contributed by atoms with Crippen molar-refractivity contribution >= 4 is 45.5 Å². The number of fused-ring (bicyclic) bond motifs is 1. The van der Waals surface area contributed by atoms with E-state index in [2.05, 4.69) is 15.9 Å². The van der Waals surface area contributed by atoms with Crippen LogP contribution in [0.3, 0.4) is 0 Å². The molecule has 1 amide bonds. The maximum absolute atomic E-state index is 12.5. The number of hydrogen-bond acceptors (Lipinski definition) is 7. The number of aliphatic hydroxyl groups is 1. The first-order chi connectivity index (χ1) is 11.2. The van der Waals surface area contributed by atoms with Crippen LogP contribution in [0.4, 0.5) is 0 Å². The van der Waals surface area contributed by atoms with Crippen LogP contribution in [0.2, 0.25) is 0 Å². The average Bonchev–Trinajstić information content (AvgIpc) is 2.74. The minimum Gasteiger partial charge on any atom is -0.427 e. The molecule has 1 unspecified atom stereocenters. The van der Waals surface area contributed by atoms with Crippen molar-refractivity contribution in [3.63, 3.8) is 0 Å². The molecule has 142 valence electrons. The number of carbonyl (C=O) groups excluding carboxylic acids is 3. The Labute approximate surface area is 159 Å². The Morgan fingerprint density at radius 2 is 1.92 bits per heavy atom. The van der Waals surface area contributed by atoms with E-state index in [1.54, 1.807) is 20.8 Å². The Balaban J connectivity index is 2.05. The summed E-state index contributed by atoms with van der Waals surface area (Å²) in [6, 6.07) is -0.812. The Kier molecular flexibility index (Phi) is 5.27. The van der Waals surface area contributed by atoms with E-state index < -0.39 is 45.4 Å². The van der Waals surface area contributed by atoms with Crippen LogP contribution in [-0.4, -0.2) is 61.2 Å². The lowest BCUT2D eigenvalue weighted by molar-refractivity contribution is -0.181. The SMILES string of the molecule is CC(O)[C@]1(Br)C(=O)N2[C@@H](C(=O)OCOC(=O)C(C)(C)C)C(C)(C)S[C@@H]21. The summed E-state index contributed by atoms with van der Waals surface area (Å²) in [5.74, 6) is -1.46. The van der Waals surface area contributed by atoms with E-state index in [1.807, 2.05) is 13.8 Å². The number of nitrogens with zero attached hydrogens (tertiary/aromatic N) is 1. The van der Waals surface area contributed by atoms with Crippen molar-refractivity contribution in [2.24, 2.45) is 5.41 Å². The molecular formula is C16H24BrNO6S. The van der Waals surface area contributed by atoms with Crippen LogP contribution in [-0.2, 0) is 23.9 Å². The molecule has 7 nitrogen and oxygen atoms in total. The topological polar surface area (TPSA) is 93.1 Å². The molecule has 0 aromatic heterocycles. The molecule has 0 spiro atoms. The number of carbonyl (C=O) groups is 3. The second-order valence-corrected chi connectivity index (χ2v) is 10.9. The van der Waals surface area contributed by atoms with Crippen molar-refractivity contribution in [3.05, 3.63) is 0 Å². The van der Waals surface area contributed by atoms with Gasteiger partial charge in [0.25, 0.3) is 0 Å². The van der Waals surface area contributed by atoms with Crippen molar-refractivity contribution in [2.45, 2.75) is 68.1 Å². The predicted octanol–water partition coefficient (Wildman–Crippen LogP) is 1.65. The van der Waals surface area contributed by atoms with Crippen LogP contribution >= 0.6 is 27.7 Å². The summed E-state index contributed by atoms with van der Waals surface area (Å²) >= 11 is 4.77. The molecule has 2 aliphatic rings. The van der Waals surface area contributed by atoms with Crippen molar-refractivity contribution in [1.29, 1.82) is 0 Å². The molecule has 0 radical (unpaired) electrons. The number of thioether (sulfide) groups is 1. The van der Waals surface area contributed by atoms with Gasteiger partial charge in [0, 0.05) is 4.75 Å². The van der Waals surface area contributed by atoms with E-state index in [1.165, 1.54) is 23.6 Å². The molecular weight excluding hydrogens is 414 g/mol. The van der Waals surface area contributed by atoms with Crippen LogP contribution in [0.15, 0.2) is 0 Å². The Bertz CT molecular complexity index is 602. The van der Waals surface area contributed by atoms with Crippen molar-refractivity contribution < 1.29 is 29.0 Å². The van der Waals surface area contributed by atoms with Crippen molar-refractivity contribution in [3.8, 4) is 0 Å². The summed E-state index contributed by atoms with van der Waals surface area (Å²) in [6.45, 7) is 9.82. The molecule has 0 bridgehead atoms. The number of amides is 1. The molecule has 2 heterocycles. The van der Waals surface area contributed by atoms with Gasteiger partial charge in [0.1, 0.15) is 11.4 Å². The second kappa shape index (κ2) is 6.42. The third kappa shape index (κ3) is 3.30. The maximum atomic E-state index is 12.5. The van der Waals surface area contributed by atoms with Crippen LogP contribution < -0.4 is 0 Å². The van der Waals surface area contributed by atoms with Gasteiger partial charge in [-0.1, -0.05) is 15.9 Å². The number of aliphatic hydroxyl groups excluding tert-OH is 1. The molecule has 2 aliphatic heterocycles. The van der Waals surface area contributed by atoms with Gasteiger partial charge in [0.2, 0.25) is 12.7 Å². The van der Waals surface area contributed by atoms with Gasteiger partial charge in [0.15, 0.2) is 4.32 Å². The normalized spacial score (nSPS) is 31.8. The average molecular weight is 438 g/mol. The van der Waals surface area contributed by atoms with Gasteiger partial charge in [-0.3, -0.25) is 9.59 Å². The quantitative estimate of drug-likeness (QED) is 0.309. The highest BCUT2D eigenvalue weighted by Gasteiger charge is 2.72. The Hall–Kier alpha value is -0.800. The zero-order valence-electron chi connectivity index (χ0n) is 15.2. The fourth-order valence-corrected chi connectivity index (χ4v) is 5.27. The van der Waals surface area contributed by atoms with Crippen LogP contribution in [0.1, 0.15) is 41.5 Å². The highest BCUT2D eigenvalue weighted by atomic mass is 79.9. The molecule has 0 aromatic rings. The number of ether oxygens (including phenoxy) is 2. The molecule has 4 atom stereocenters. The lowest BCUT2D eigenvalue weighted by Crippen LogP contribution is -2.74. The zero-order chi connectivity index (χ0) is 19.4. The first-order valence-corrected chi connectivity index (χ1v) is 9.63. The minimum absolute atomic E-state index is 0.348. The summed E-state index contributed by atoms with van der Waals surface area (Å²) in [5, 5.41) is 9.57. The van der Waals surface area contributed by atoms with Crippen LogP contribution in [0.25, 0.3) is 0 Å². The maximum Gasteiger partial charge on any atom is 0.333 e.